The van der Waals surface area contributed by atoms with Crippen LogP contribution in [-0.4, -0.2) is 12.1 Å². The second kappa shape index (κ2) is 8.17. The molecule has 0 unspecified atom stereocenters. The van der Waals surface area contributed by atoms with E-state index in [9.17, 15) is 9.18 Å². The molecule has 0 saturated carbocycles. The maximum Gasteiger partial charge on any atom is 0.244 e. The van der Waals surface area contributed by atoms with Gasteiger partial charge in [0, 0.05) is 10.6 Å². The molecule has 0 saturated heterocycles. The van der Waals surface area contributed by atoms with Gasteiger partial charge in [-0.3, -0.25) is 4.79 Å². The van der Waals surface area contributed by atoms with Crippen molar-refractivity contribution in [1.82, 2.24) is 5.43 Å². The van der Waals surface area contributed by atoms with Gasteiger partial charge < -0.3 is 4.42 Å². The number of carbonyl (C=O) groups excluding carboxylic acids is 1. The molecule has 7 heteroatoms. The Balaban J connectivity index is 1.60. The molecule has 0 aliphatic carbocycles. The fraction of sp³-hybridized carbons (Fsp3) is 0.0526. The number of hydrogen-bond donors (Lipinski definition) is 1. The first-order valence-electron chi connectivity index (χ1n) is 7.63. The monoisotopic (exact) mass is 390 g/mol. The van der Waals surface area contributed by atoms with E-state index >= 15 is 0 Å². The molecule has 1 aromatic heterocycles. The number of furan rings is 1. The Hall–Kier alpha value is -2.63. The van der Waals surface area contributed by atoms with Gasteiger partial charge in [-0.2, -0.15) is 5.10 Å². The van der Waals surface area contributed by atoms with Crippen molar-refractivity contribution >= 4 is 35.3 Å². The molecular weight excluding hydrogens is 378 g/mol. The van der Waals surface area contributed by atoms with Crippen LogP contribution in [-0.2, 0) is 11.2 Å². The van der Waals surface area contributed by atoms with Crippen LogP contribution in [0.4, 0.5) is 4.39 Å². The Morgan fingerprint density at radius 1 is 1.12 bits per heavy atom. The third-order valence-electron chi connectivity index (χ3n) is 3.48. The van der Waals surface area contributed by atoms with Gasteiger partial charge in [0.15, 0.2) is 0 Å². The fourth-order valence-corrected chi connectivity index (χ4v) is 2.75. The summed E-state index contributed by atoms with van der Waals surface area (Å²) in [4.78, 5) is 11.8. The van der Waals surface area contributed by atoms with E-state index in [4.69, 9.17) is 27.6 Å². The number of benzene rings is 2. The lowest BCUT2D eigenvalue weighted by molar-refractivity contribution is -0.120. The van der Waals surface area contributed by atoms with Crippen molar-refractivity contribution in [3.05, 3.63) is 81.8 Å². The first-order valence-corrected chi connectivity index (χ1v) is 8.38. The van der Waals surface area contributed by atoms with Crippen molar-refractivity contribution in [3.8, 4) is 11.3 Å². The maximum atomic E-state index is 12.8. The summed E-state index contributed by atoms with van der Waals surface area (Å²) in [6, 6.07) is 14.3. The van der Waals surface area contributed by atoms with Crippen LogP contribution in [0.3, 0.4) is 0 Å². The molecule has 3 aromatic rings. The van der Waals surface area contributed by atoms with Crippen molar-refractivity contribution < 1.29 is 13.6 Å². The number of amides is 1. The number of hydrogen-bond acceptors (Lipinski definition) is 3. The summed E-state index contributed by atoms with van der Waals surface area (Å²) in [5, 5.41) is 4.87. The zero-order valence-electron chi connectivity index (χ0n) is 13.4. The van der Waals surface area contributed by atoms with Crippen molar-refractivity contribution in [2.75, 3.05) is 0 Å². The number of halogens is 3. The van der Waals surface area contributed by atoms with Crippen LogP contribution in [0, 0.1) is 5.82 Å². The van der Waals surface area contributed by atoms with Crippen LogP contribution in [0.15, 0.2) is 64.1 Å². The molecule has 26 heavy (non-hydrogen) atoms. The average Bonchev–Trinajstić information content (AvgIpc) is 3.05. The van der Waals surface area contributed by atoms with E-state index in [1.54, 1.807) is 42.5 Å². The largest absolute Gasteiger partial charge is 0.455 e. The SMILES string of the molecule is O=C(Cc1ccc(F)cc1)N/N=C\c1ccc(-c2ccc(Cl)cc2Cl)o1. The van der Waals surface area contributed by atoms with Crippen molar-refractivity contribution in [1.29, 1.82) is 0 Å². The summed E-state index contributed by atoms with van der Waals surface area (Å²) in [5.41, 5.74) is 3.79. The molecule has 0 fully saturated rings. The Morgan fingerprint density at radius 2 is 1.88 bits per heavy atom. The highest BCUT2D eigenvalue weighted by molar-refractivity contribution is 6.36. The van der Waals surface area contributed by atoms with Gasteiger partial charge in [0.25, 0.3) is 0 Å². The summed E-state index contributed by atoms with van der Waals surface area (Å²) in [7, 11) is 0. The molecule has 2 aromatic carbocycles. The van der Waals surface area contributed by atoms with Gasteiger partial charge in [0.05, 0.1) is 17.7 Å². The second-order valence-electron chi connectivity index (χ2n) is 5.42. The van der Waals surface area contributed by atoms with Crippen LogP contribution in [0.5, 0.6) is 0 Å². The normalized spacial score (nSPS) is 11.0. The molecular formula is C19H13Cl2FN2O2. The number of nitrogens with zero attached hydrogens (tertiary/aromatic N) is 1. The molecule has 1 heterocycles. The first-order chi connectivity index (χ1) is 12.5. The third kappa shape index (κ3) is 4.71. The predicted molar refractivity (Wildman–Crippen MR) is 100 cm³/mol. The van der Waals surface area contributed by atoms with Gasteiger partial charge in [-0.05, 0) is 48.0 Å². The van der Waals surface area contributed by atoms with Crippen molar-refractivity contribution in [2.45, 2.75) is 6.42 Å². The summed E-state index contributed by atoms with van der Waals surface area (Å²) >= 11 is 12.0. The lowest BCUT2D eigenvalue weighted by Gasteiger charge is -2.01. The van der Waals surface area contributed by atoms with Crippen LogP contribution in [0.1, 0.15) is 11.3 Å². The minimum Gasteiger partial charge on any atom is -0.455 e. The van der Waals surface area contributed by atoms with Crippen LogP contribution < -0.4 is 5.43 Å². The van der Waals surface area contributed by atoms with Crippen LogP contribution >= 0.6 is 23.2 Å². The topological polar surface area (TPSA) is 54.6 Å². The van der Waals surface area contributed by atoms with Crippen molar-refractivity contribution in [3.63, 3.8) is 0 Å². The summed E-state index contributed by atoms with van der Waals surface area (Å²) in [6.07, 6.45) is 1.48. The number of carbonyl (C=O) groups is 1. The zero-order chi connectivity index (χ0) is 18.5. The minimum absolute atomic E-state index is 0.0986. The van der Waals surface area contributed by atoms with Crippen molar-refractivity contribution in [2.24, 2.45) is 5.10 Å². The molecule has 0 spiro atoms. The highest BCUT2D eigenvalue weighted by atomic mass is 35.5. The highest BCUT2D eigenvalue weighted by Gasteiger charge is 2.08. The van der Waals surface area contributed by atoms with Gasteiger partial charge in [-0.25, -0.2) is 9.82 Å². The molecule has 1 amide bonds. The number of hydrazone groups is 1. The lowest BCUT2D eigenvalue weighted by Crippen LogP contribution is -2.19. The van der Waals surface area contributed by atoms with E-state index in [2.05, 4.69) is 10.5 Å². The standard InChI is InChI=1S/C19H13Cl2FN2O2/c20-13-3-7-16(17(21)10-13)18-8-6-15(26-18)11-23-24-19(25)9-12-1-4-14(22)5-2-12/h1-8,10-11H,9H2,(H,24,25)/b23-11-. The Bertz CT molecular complexity index is 952. The molecule has 0 atom stereocenters. The summed E-state index contributed by atoms with van der Waals surface area (Å²) in [6.45, 7) is 0. The molecule has 0 bridgehead atoms. The Kier molecular flexibility index (Phi) is 5.71. The predicted octanol–water partition coefficient (Wildman–Crippen LogP) is 5.09. The minimum atomic E-state index is -0.346. The lowest BCUT2D eigenvalue weighted by atomic mass is 10.1. The Morgan fingerprint density at radius 3 is 2.62 bits per heavy atom. The van der Waals surface area contributed by atoms with Gasteiger partial charge in [0.2, 0.25) is 5.91 Å². The van der Waals surface area contributed by atoms with Gasteiger partial charge in [-0.1, -0.05) is 35.3 Å². The number of nitrogens with one attached hydrogen (secondary N) is 1. The van der Waals surface area contributed by atoms with Gasteiger partial charge >= 0.3 is 0 Å². The second-order valence-corrected chi connectivity index (χ2v) is 6.27. The maximum absolute atomic E-state index is 12.8. The van der Waals surface area contributed by atoms with E-state index in [1.807, 2.05) is 0 Å². The Labute approximate surface area is 159 Å². The van der Waals surface area contributed by atoms with E-state index in [-0.39, 0.29) is 18.1 Å². The summed E-state index contributed by atoms with van der Waals surface area (Å²) < 4.78 is 18.5. The average molecular weight is 391 g/mol. The quantitative estimate of drug-likeness (QED) is 0.487. The smallest absolute Gasteiger partial charge is 0.244 e. The molecule has 0 aliphatic heterocycles. The van der Waals surface area contributed by atoms with E-state index in [1.165, 1.54) is 18.3 Å². The zero-order valence-corrected chi connectivity index (χ0v) is 14.9. The van der Waals surface area contributed by atoms with Crippen LogP contribution in [0.2, 0.25) is 10.0 Å². The first kappa shape index (κ1) is 18.2. The number of rotatable bonds is 5. The molecule has 4 nitrogen and oxygen atoms in total. The third-order valence-corrected chi connectivity index (χ3v) is 4.03. The highest BCUT2D eigenvalue weighted by Crippen LogP contribution is 2.31. The van der Waals surface area contributed by atoms with Gasteiger partial charge in [0.1, 0.15) is 17.3 Å². The molecule has 132 valence electrons. The fourth-order valence-electron chi connectivity index (χ4n) is 2.25. The molecule has 0 radical (unpaired) electrons. The van der Waals surface area contributed by atoms with E-state index < -0.39 is 0 Å². The van der Waals surface area contributed by atoms with E-state index in [0.717, 1.165) is 0 Å². The molecule has 3 rings (SSSR count). The molecule has 1 N–H and O–H groups in total. The summed E-state index contributed by atoms with van der Waals surface area (Å²) in [5.74, 6) is 0.348. The molecule has 0 aliphatic rings. The van der Waals surface area contributed by atoms with Crippen LogP contribution in [0.25, 0.3) is 11.3 Å². The van der Waals surface area contributed by atoms with E-state index in [0.29, 0.717) is 32.7 Å². The van der Waals surface area contributed by atoms with Gasteiger partial charge in [-0.15, -0.1) is 0 Å².